The highest BCUT2D eigenvalue weighted by atomic mass is 19.1. The van der Waals surface area contributed by atoms with Crippen LogP contribution in [0.3, 0.4) is 0 Å². The summed E-state index contributed by atoms with van der Waals surface area (Å²) in [6, 6.07) is 10.8. The summed E-state index contributed by atoms with van der Waals surface area (Å²) < 4.78 is 24.7. The summed E-state index contributed by atoms with van der Waals surface area (Å²) in [5.74, 6) is 1.02. The Balaban J connectivity index is 1.93. The Hall–Kier alpha value is -2.64. The van der Waals surface area contributed by atoms with E-state index in [-0.39, 0.29) is 12.2 Å². The molecule has 0 spiro atoms. The third-order valence-corrected chi connectivity index (χ3v) is 4.32. The fourth-order valence-corrected chi connectivity index (χ4v) is 2.74. The summed E-state index contributed by atoms with van der Waals surface area (Å²) in [6.45, 7) is 6.36. The second kappa shape index (κ2) is 12.0. The number of rotatable bonds is 10. The number of aliphatic hydroxyl groups excluding tert-OH is 1. The zero-order chi connectivity index (χ0) is 21.1. The van der Waals surface area contributed by atoms with Crippen LogP contribution in [0.4, 0.5) is 4.39 Å². The van der Waals surface area contributed by atoms with E-state index in [2.05, 4.69) is 15.6 Å². The molecule has 6 nitrogen and oxygen atoms in total. The Labute approximate surface area is 171 Å². The molecule has 0 aromatic heterocycles. The summed E-state index contributed by atoms with van der Waals surface area (Å²) in [4.78, 5) is 4.22. The Bertz CT molecular complexity index is 812. The Morgan fingerprint density at radius 2 is 1.86 bits per heavy atom. The zero-order valence-corrected chi connectivity index (χ0v) is 17.3. The van der Waals surface area contributed by atoms with E-state index in [1.54, 1.807) is 19.2 Å². The molecule has 0 radical (unpaired) electrons. The van der Waals surface area contributed by atoms with Crippen LogP contribution in [0.2, 0.25) is 0 Å². The van der Waals surface area contributed by atoms with Crippen LogP contribution in [0.15, 0.2) is 41.4 Å². The van der Waals surface area contributed by atoms with Crippen molar-refractivity contribution < 1.29 is 19.0 Å². The summed E-state index contributed by atoms with van der Waals surface area (Å²) in [7, 11) is 1.69. The number of hydrogen-bond donors (Lipinski definition) is 3. The van der Waals surface area contributed by atoms with Gasteiger partial charge in [0.2, 0.25) is 0 Å². The maximum absolute atomic E-state index is 13.5. The monoisotopic (exact) mass is 403 g/mol. The molecular weight excluding hydrogens is 373 g/mol. The lowest BCUT2D eigenvalue weighted by Gasteiger charge is -2.16. The summed E-state index contributed by atoms with van der Waals surface area (Å²) in [5, 5.41) is 15.7. The molecule has 0 atom stereocenters. The first-order valence-corrected chi connectivity index (χ1v) is 9.70. The van der Waals surface area contributed by atoms with Crippen LogP contribution in [0.5, 0.6) is 5.75 Å². The molecule has 0 saturated heterocycles. The molecule has 3 N–H and O–H groups in total. The van der Waals surface area contributed by atoms with E-state index in [1.165, 1.54) is 6.07 Å². The van der Waals surface area contributed by atoms with Gasteiger partial charge in [0.1, 0.15) is 18.2 Å². The van der Waals surface area contributed by atoms with Gasteiger partial charge in [-0.2, -0.15) is 0 Å². The highest BCUT2D eigenvalue weighted by Gasteiger charge is 2.07. The maximum Gasteiger partial charge on any atom is 0.191 e. The quantitative estimate of drug-likeness (QED) is 0.323. The molecule has 0 heterocycles. The van der Waals surface area contributed by atoms with Gasteiger partial charge in [0.15, 0.2) is 5.96 Å². The molecule has 2 aromatic rings. The molecule has 0 aliphatic heterocycles. The minimum Gasteiger partial charge on any atom is -0.491 e. The molecule has 0 aliphatic rings. The van der Waals surface area contributed by atoms with Gasteiger partial charge in [0.05, 0.1) is 13.2 Å². The number of nitrogens with one attached hydrogen (secondary N) is 2. The molecule has 0 amide bonds. The molecule has 2 rings (SSSR count). The molecule has 0 unspecified atom stereocenters. The van der Waals surface area contributed by atoms with Crippen molar-refractivity contribution in [3.63, 3.8) is 0 Å². The van der Waals surface area contributed by atoms with Gasteiger partial charge in [-0.3, -0.25) is 4.99 Å². The van der Waals surface area contributed by atoms with E-state index >= 15 is 0 Å². The van der Waals surface area contributed by atoms with Gasteiger partial charge in [0, 0.05) is 37.9 Å². The van der Waals surface area contributed by atoms with Gasteiger partial charge < -0.3 is 25.2 Å². The SMILES string of the molecule is CCOCCOc1cc(C)ccc1CNC(=NC)NCc1ccc(F)c(CO)c1. The maximum atomic E-state index is 13.5. The lowest BCUT2D eigenvalue weighted by molar-refractivity contribution is 0.110. The van der Waals surface area contributed by atoms with Crippen LogP contribution in [0, 0.1) is 12.7 Å². The van der Waals surface area contributed by atoms with Crippen LogP contribution >= 0.6 is 0 Å². The van der Waals surface area contributed by atoms with Crippen molar-refractivity contribution in [1.82, 2.24) is 10.6 Å². The summed E-state index contributed by atoms with van der Waals surface area (Å²) in [5.41, 5.74) is 3.27. The van der Waals surface area contributed by atoms with Crippen molar-refractivity contribution in [2.45, 2.75) is 33.5 Å². The van der Waals surface area contributed by atoms with Crippen LogP contribution < -0.4 is 15.4 Å². The van der Waals surface area contributed by atoms with Crippen LogP contribution in [-0.2, 0) is 24.4 Å². The fraction of sp³-hybridized carbons (Fsp3) is 0.409. The van der Waals surface area contributed by atoms with E-state index < -0.39 is 5.82 Å². The number of halogens is 1. The topological polar surface area (TPSA) is 75.1 Å². The molecule has 2 aromatic carbocycles. The normalized spacial score (nSPS) is 11.4. The van der Waals surface area contributed by atoms with E-state index in [1.807, 2.05) is 32.0 Å². The van der Waals surface area contributed by atoms with Crippen LogP contribution in [0.25, 0.3) is 0 Å². The number of guanidine groups is 1. The first kappa shape index (κ1) is 22.6. The van der Waals surface area contributed by atoms with Crippen molar-refractivity contribution in [2.24, 2.45) is 4.99 Å². The summed E-state index contributed by atoms with van der Waals surface area (Å²) in [6.07, 6.45) is 0. The van der Waals surface area contributed by atoms with Crippen molar-refractivity contribution in [3.8, 4) is 5.75 Å². The van der Waals surface area contributed by atoms with E-state index in [0.29, 0.717) is 38.9 Å². The van der Waals surface area contributed by atoms with E-state index in [9.17, 15) is 9.50 Å². The minimum atomic E-state index is -0.407. The van der Waals surface area contributed by atoms with Gasteiger partial charge in [-0.25, -0.2) is 4.39 Å². The van der Waals surface area contributed by atoms with Crippen molar-refractivity contribution in [3.05, 3.63) is 64.5 Å². The zero-order valence-electron chi connectivity index (χ0n) is 17.3. The predicted octanol–water partition coefficient (Wildman–Crippen LogP) is 2.91. The first-order chi connectivity index (χ1) is 14.1. The molecule has 29 heavy (non-hydrogen) atoms. The Morgan fingerprint density at radius 1 is 1.07 bits per heavy atom. The lowest BCUT2D eigenvalue weighted by Crippen LogP contribution is -2.36. The molecule has 0 saturated carbocycles. The third-order valence-electron chi connectivity index (χ3n) is 4.32. The molecular formula is C22H30FN3O3. The van der Waals surface area contributed by atoms with Crippen molar-refractivity contribution >= 4 is 5.96 Å². The van der Waals surface area contributed by atoms with E-state index in [4.69, 9.17) is 9.47 Å². The second-order valence-electron chi connectivity index (χ2n) is 6.52. The number of aryl methyl sites for hydroxylation is 1. The number of aliphatic imine (C=N–C) groups is 1. The predicted molar refractivity (Wildman–Crippen MR) is 113 cm³/mol. The Morgan fingerprint density at radius 3 is 2.59 bits per heavy atom. The smallest absolute Gasteiger partial charge is 0.191 e. The molecule has 158 valence electrons. The number of ether oxygens (including phenoxy) is 2. The van der Waals surface area contributed by atoms with Crippen molar-refractivity contribution in [2.75, 3.05) is 26.9 Å². The largest absolute Gasteiger partial charge is 0.491 e. The first-order valence-electron chi connectivity index (χ1n) is 9.70. The van der Waals surface area contributed by atoms with Crippen molar-refractivity contribution in [1.29, 1.82) is 0 Å². The second-order valence-corrected chi connectivity index (χ2v) is 6.52. The standard InChI is InChI=1S/C22H30FN3O3/c1-4-28-9-10-29-21-11-16(2)5-7-18(21)14-26-22(24-3)25-13-17-6-8-20(23)19(12-17)15-27/h5-8,11-12,27H,4,9-10,13-15H2,1-3H3,(H2,24,25,26). The van der Waals surface area contributed by atoms with Crippen LogP contribution in [0.1, 0.15) is 29.2 Å². The van der Waals surface area contributed by atoms with Gasteiger partial charge in [0.25, 0.3) is 0 Å². The molecule has 0 fully saturated rings. The van der Waals surface area contributed by atoms with Gasteiger partial charge in [-0.05, 0) is 43.2 Å². The van der Waals surface area contributed by atoms with Gasteiger partial charge >= 0.3 is 0 Å². The highest BCUT2D eigenvalue weighted by Crippen LogP contribution is 2.20. The number of aliphatic hydroxyl groups is 1. The third kappa shape index (κ3) is 7.36. The summed E-state index contributed by atoms with van der Waals surface area (Å²) >= 11 is 0. The molecule has 7 heteroatoms. The number of benzene rings is 2. The number of nitrogens with zero attached hydrogens (tertiary/aromatic N) is 1. The average molecular weight is 403 g/mol. The highest BCUT2D eigenvalue weighted by molar-refractivity contribution is 5.79. The van der Waals surface area contributed by atoms with Crippen LogP contribution in [-0.4, -0.2) is 37.9 Å². The number of hydrogen-bond acceptors (Lipinski definition) is 4. The molecule has 0 bridgehead atoms. The Kier molecular flexibility index (Phi) is 9.40. The average Bonchev–Trinajstić information content (AvgIpc) is 2.73. The minimum absolute atomic E-state index is 0.278. The molecule has 0 aliphatic carbocycles. The lowest BCUT2D eigenvalue weighted by atomic mass is 10.1. The van der Waals surface area contributed by atoms with E-state index in [0.717, 1.165) is 22.4 Å². The van der Waals surface area contributed by atoms with Gasteiger partial charge in [-0.15, -0.1) is 0 Å². The fourth-order valence-electron chi connectivity index (χ4n) is 2.74. The van der Waals surface area contributed by atoms with Gasteiger partial charge in [-0.1, -0.05) is 18.2 Å².